The number of carbonyl (C=O) groups excluding carboxylic acids is 2. The van der Waals surface area contributed by atoms with E-state index in [1.807, 2.05) is 0 Å². The summed E-state index contributed by atoms with van der Waals surface area (Å²) in [5.74, 6) is -2.01. The number of hydrogen-bond donors (Lipinski definition) is 3. The number of ether oxygens (including phenoxy) is 1. The van der Waals surface area contributed by atoms with Gasteiger partial charge in [0.15, 0.2) is 6.61 Å². The normalized spacial score (nSPS) is 9.58. The molecular formula is C12H14N2O5. The van der Waals surface area contributed by atoms with Gasteiger partial charge in [0.2, 0.25) is 5.91 Å². The number of aryl methyl sites for hydroxylation is 1. The maximum absolute atomic E-state index is 11.3. The highest BCUT2D eigenvalue weighted by Gasteiger charge is 2.14. The maximum atomic E-state index is 11.3. The predicted octanol–water partition coefficient (Wildman–Crippen LogP) is 0.239. The fraction of sp³-hybridized carbons (Fsp3) is 0.250. The highest BCUT2D eigenvalue weighted by molar-refractivity contribution is 5.91. The molecule has 0 radical (unpaired) electrons. The lowest BCUT2D eigenvalue weighted by atomic mass is 10.1. The molecule has 0 saturated carbocycles. The van der Waals surface area contributed by atoms with Crippen LogP contribution >= 0.6 is 0 Å². The third kappa shape index (κ3) is 4.30. The molecule has 0 aromatic heterocycles. The topological polar surface area (TPSA) is 105 Å². The van der Waals surface area contributed by atoms with E-state index in [0.717, 1.165) is 0 Å². The number of carboxylic acid groups (broad SMARTS) is 1. The van der Waals surface area contributed by atoms with E-state index in [0.29, 0.717) is 5.56 Å². The first-order chi connectivity index (χ1) is 8.91. The zero-order chi connectivity index (χ0) is 14.4. The van der Waals surface area contributed by atoms with Gasteiger partial charge in [-0.05, 0) is 18.6 Å². The lowest BCUT2D eigenvalue weighted by Gasteiger charge is -2.11. The summed E-state index contributed by atoms with van der Waals surface area (Å²) in [5, 5.41) is 8.99. The van der Waals surface area contributed by atoms with Gasteiger partial charge < -0.3 is 9.84 Å². The molecule has 1 aromatic carbocycles. The highest BCUT2D eigenvalue weighted by atomic mass is 16.5. The molecule has 2 amide bonds. The zero-order valence-corrected chi connectivity index (χ0v) is 10.5. The third-order valence-electron chi connectivity index (χ3n) is 2.17. The largest absolute Gasteiger partial charge is 0.483 e. The average molecular weight is 266 g/mol. The smallest absolute Gasteiger partial charge is 0.339 e. The Morgan fingerprint density at radius 3 is 2.53 bits per heavy atom. The first-order valence-corrected chi connectivity index (χ1v) is 5.43. The fourth-order valence-corrected chi connectivity index (χ4v) is 1.34. The van der Waals surface area contributed by atoms with Crippen LogP contribution in [0.1, 0.15) is 22.8 Å². The first kappa shape index (κ1) is 14.5. The van der Waals surface area contributed by atoms with Crippen molar-refractivity contribution in [3.05, 3.63) is 29.3 Å². The van der Waals surface area contributed by atoms with E-state index in [1.54, 1.807) is 19.1 Å². The first-order valence-electron chi connectivity index (χ1n) is 5.43. The van der Waals surface area contributed by atoms with Crippen LogP contribution in [0.3, 0.4) is 0 Å². The molecule has 19 heavy (non-hydrogen) atoms. The van der Waals surface area contributed by atoms with E-state index in [9.17, 15) is 14.4 Å². The number of amides is 2. The van der Waals surface area contributed by atoms with Gasteiger partial charge in [0.25, 0.3) is 5.91 Å². The molecule has 0 fully saturated rings. The number of benzene rings is 1. The van der Waals surface area contributed by atoms with Crippen LogP contribution in [0.2, 0.25) is 0 Å². The molecule has 7 heteroatoms. The van der Waals surface area contributed by atoms with Gasteiger partial charge in [0.05, 0.1) is 0 Å². The minimum absolute atomic E-state index is 0.0210. The second kappa shape index (κ2) is 6.39. The number of para-hydroxylation sites is 1. The lowest BCUT2D eigenvalue weighted by Crippen LogP contribution is -2.42. The van der Waals surface area contributed by atoms with Crippen LogP contribution in [0.15, 0.2) is 18.2 Å². The molecule has 0 aliphatic carbocycles. The standard InChI is InChI=1S/C12H14N2O5/c1-7-4-3-5-9(12(17)18)11(7)19-6-10(16)14-13-8(2)15/h3-5H,6H2,1-2H3,(H,13,15)(H,14,16)(H,17,18). The van der Waals surface area contributed by atoms with Gasteiger partial charge in [-0.15, -0.1) is 0 Å². The summed E-state index contributed by atoms with van der Waals surface area (Å²) in [6.45, 7) is 2.52. The fourth-order valence-electron chi connectivity index (χ4n) is 1.34. The van der Waals surface area contributed by atoms with E-state index < -0.39 is 24.4 Å². The van der Waals surface area contributed by atoms with Gasteiger partial charge in [-0.1, -0.05) is 12.1 Å². The molecule has 0 bridgehead atoms. The van der Waals surface area contributed by atoms with Crippen LogP contribution in [0.25, 0.3) is 0 Å². The number of hydrazine groups is 1. The number of hydrogen-bond acceptors (Lipinski definition) is 4. The summed E-state index contributed by atoms with van der Waals surface area (Å²) in [6, 6.07) is 4.65. The van der Waals surface area contributed by atoms with E-state index in [-0.39, 0.29) is 11.3 Å². The van der Waals surface area contributed by atoms with E-state index in [4.69, 9.17) is 9.84 Å². The Balaban J connectivity index is 2.70. The van der Waals surface area contributed by atoms with Crippen molar-refractivity contribution in [1.29, 1.82) is 0 Å². The van der Waals surface area contributed by atoms with Crippen molar-refractivity contribution >= 4 is 17.8 Å². The van der Waals surface area contributed by atoms with Gasteiger partial charge in [-0.25, -0.2) is 4.79 Å². The summed E-state index contributed by atoms with van der Waals surface area (Å²) in [5.41, 5.74) is 4.79. The Morgan fingerprint density at radius 1 is 1.26 bits per heavy atom. The Bertz CT molecular complexity index is 513. The van der Waals surface area contributed by atoms with Crippen LogP contribution in [-0.2, 0) is 9.59 Å². The summed E-state index contributed by atoms with van der Waals surface area (Å²) in [7, 11) is 0. The summed E-state index contributed by atoms with van der Waals surface area (Å²) in [6.07, 6.45) is 0. The van der Waals surface area contributed by atoms with Crippen LogP contribution in [-0.4, -0.2) is 29.5 Å². The van der Waals surface area contributed by atoms with E-state index in [2.05, 4.69) is 10.9 Å². The number of nitrogens with one attached hydrogen (secondary N) is 2. The molecule has 0 saturated heterocycles. The molecule has 0 heterocycles. The number of rotatable bonds is 4. The molecule has 1 rings (SSSR count). The van der Waals surface area contributed by atoms with Crippen molar-refractivity contribution in [2.24, 2.45) is 0 Å². The van der Waals surface area contributed by atoms with Crippen LogP contribution in [0, 0.1) is 6.92 Å². The van der Waals surface area contributed by atoms with Crippen molar-refractivity contribution < 1.29 is 24.2 Å². The SMILES string of the molecule is CC(=O)NNC(=O)COc1c(C)cccc1C(=O)O. The van der Waals surface area contributed by atoms with Crippen molar-refractivity contribution in [2.45, 2.75) is 13.8 Å². The molecule has 0 aliphatic rings. The van der Waals surface area contributed by atoms with E-state index in [1.165, 1.54) is 13.0 Å². The third-order valence-corrected chi connectivity index (χ3v) is 2.17. The average Bonchev–Trinajstić information content (AvgIpc) is 2.34. The molecule has 0 aliphatic heterocycles. The Labute approximate surface area is 109 Å². The van der Waals surface area contributed by atoms with Gasteiger partial charge >= 0.3 is 5.97 Å². The van der Waals surface area contributed by atoms with Crippen molar-refractivity contribution in [1.82, 2.24) is 10.9 Å². The number of carboxylic acids is 1. The van der Waals surface area contributed by atoms with Gasteiger partial charge in [0.1, 0.15) is 11.3 Å². The molecule has 1 aromatic rings. The summed E-state index contributed by atoms with van der Waals surface area (Å²) < 4.78 is 5.18. The number of aromatic carboxylic acids is 1. The second-order valence-corrected chi connectivity index (χ2v) is 3.77. The summed E-state index contributed by atoms with van der Waals surface area (Å²) in [4.78, 5) is 32.9. The van der Waals surface area contributed by atoms with Crippen LogP contribution in [0.4, 0.5) is 0 Å². The summed E-state index contributed by atoms with van der Waals surface area (Å²) >= 11 is 0. The van der Waals surface area contributed by atoms with Crippen molar-refractivity contribution in [3.63, 3.8) is 0 Å². The molecule has 3 N–H and O–H groups in total. The molecule has 0 unspecified atom stereocenters. The maximum Gasteiger partial charge on any atom is 0.339 e. The van der Waals surface area contributed by atoms with Crippen LogP contribution < -0.4 is 15.6 Å². The van der Waals surface area contributed by atoms with Gasteiger partial charge in [-0.3, -0.25) is 20.4 Å². The lowest BCUT2D eigenvalue weighted by molar-refractivity contribution is -0.129. The molecule has 102 valence electrons. The highest BCUT2D eigenvalue weighted by Crippen LogP contribution is 2.23. The molecule has 0 spiro atoms. The van der Waals surface area contributed by atoms with Crippen molar-refractivity contribution in [2.75, 3.05) is 6.61 Å². The second-order valence-electron chi connectivity index (χ2n) is 3.77. The Morgan fingerprint density at radius 2 is 1.95 bits per heavy atom. The molecular weight excluding hydrogens is 252 g/mol. The van der Waals surface area contributed by atoms with Gasteiger partial charge in [0, 0.05) is 6.92 Å². The minimum atomic E-state index is -1.14. The predicted molar refractivity (Wildman–Crippen MR) is 65.6 cm³/mol. The van der Waals surface area contributed by atoms with Gasteiger partial charge in [-0.2, -0.15) is 0 Å². The Hall–Kier alpha value is -2.57. The zero-order valence-electron chi connectivity index (χ0n) is 10.5. The molecule has 7 nitrogen and oxygen atoms in total. The van der Waals surface area contributed by atoms with E-state index >= 15 is 0 Å². The Kier molecular flexibility index (Phi) is 4.87. The minimum Gasteiger partial charge on any atom is -0.483 e. The number of carbonyl (C=O) groups is 3. The van der Waals surface area contributed by atoms with Crippen molar-refractivity contribution in [3.8, 4) is 5.75 Å². The molecule has 0 atom stereocenters. The van der Waals surface area contributed by atoms with Crippen LogP contribution in [0.5, 0.6) is 5.75 Å². The quantitative estimate of drug-likeness (QED) is 0.677. The monoisotopic (exact) mass is 266 g/mol.